The molecule has 3 aromatic rings. The Balaban J connectivity index is 1.78. The second-order valence-corrected chi connectivity index (χ2v) is 5.37. The molecule has 3 rings (SSSR count). The van der Waals surface area contributed by atoms with Crippen LogP contribution in [0.4, 0.5) is 5.82 Å². The maximum Gasteiger partial charge on any atom is 0.144 e. The molecule has 23 heavy (non-hydrogen) atoms. The molecule has 0 saturated heterocycles. The highest BCUT2D eigenvalue weighted by Crippen LogP contribution is 2.24. The van der Waals surface area contributed by atoms with Crippen molar-refractivity contribution in [1.29, 1.82) is 5.26 Å². The van der Waals surface area contributed by atoms with Crippen molar-refractivity contribution in [2.75, 3.05) is 5.32 Å². The summed E-state index contributed by atoms with van der Waals surface area (Å²) < 4.78 is 0. The fourth-order valence-electron chi connectivity index (χ4n) is 2.49. The Morgan fingerprint density at radius 2 is 1.61 bits per heavy atom. The Labute approximate surface area is 136 Å². The van der Waals surface area contributed by atoms with Crippen LogP contribution in [0.3, 0.4) is 0 Å². The lowest BCUT2D eigenvalue weighted by molar-refractivity contribution is 0.874. The van der Waals surface area contributed by atoms with E-state index in [4.69, 9.17) is 5.26 Å². The summed E-state index contributed by atoms with van der Waals surface area (Å²) in [6.45, 7) is 2.06. The number of hydrogen-bond donors (Lipinski definition) is 1. The van der Waals surface area contributed by atoms with Crippen molar-refractivity contribution in [3.63, 3.8) is 0 Å². The highest BCUT2D eigenvalue weighted by molar-refractivity contribution is 5.63. The quantitative estimate of drug-likeness (QED) is 0.753. The summed E-state index contributed by atoms with van der Waals surface area (Å²) in [5, 5.41) is 12.4. The van der Waals surface area contributed by atoms with Gasteiger partial charge in [0, 0.05) is 12.2 Å². The molecule has 1 atom stereocenters. The SMILES string of the molecule is C[C@@H](Nc1ncccc1C#N)c1ccc(-c2ccccc2)cc1. The van der Waals surface area contributed by atoms with Crippen molar-refractivity contribution in [3.05, 3.63) is 84.1 Å². The molecule has 0 amide bonds. The molecule has 0 saturated carbocycles. The van der Waals surface area contributed by atoms with E-state index < -0.39 is 0 Å². The highest BCUT2D eigenvalue weighted by atomic mass is 15.0. The van der Waals surface area contributed by atoms with Gasteiger partial charge in [-0.2, -0.15) is 5.26 Å². The molecule has 1 N–H and O–H groups in total. The molecule has 3 nitrogen and oxygen atoms in total. The normalized spacial score (nSPS) is 11.5. The van der Waals surface area contributed by atoms with Gasteiger partial charge in [0.2, 0.25) is 0 Å². The molecule has 0 radical (unpaired) electrons. The molecule has 0 fully saturated rings. The second-order valence-electron chi connectivity index (χ2n) is 5.37. The fourth-order valence-corrected chi connectivity index (χ4v) is 2.49. The molecule has 0 aliphatic carbocycles. The average Bonchev–Trinajstić information content (AvgIpc) is 2.63. The first-order chi connectivity index (χ1) is 11.3. The molecule has 0 unspecified atom stereocenters. The zero-order chi connectivity index (χ0) is 16.1. The second kappa shape index (κ2) is 6.76. The van der Waals surface area contributed by atoms with Crippen molar-refractivity contribution in [3.8, 4) is 17.2 Å². The summed E-state index contributed by atoms with van der Waals surface area (Å²) in [6, 6.07) is 24.5. The van der Waals surface area contributed by atoms with E-state index in [-0.39, 0.29) is 6.04 Å². The van der Waals surface area contributed by atoms with Gasteiger partial charge in [-0.05, 0) is 35.7 Å². The molecule has 0 bridgehead atoms. The van der Waals surface area contributed by atoms with E-state index in [0.717, 1.165) is 5.56 Å². The lowest BCUT2D eigenvalue weighted by Gasteiger charge is -2.16. The molecule has 112 valence electrons. The number of nitrogens with one attached hydrogen (secondary N) is 1. The first kappa shape index (κ1) is 14.8. The van der Waals surface area contributed by atoms with Crippen molar-refractivity contribution >= 4 is 5.82 Å². The largest absolute Gasteiger partial charge is 0.362 e. The van der Waals surface area contributed by atoms with Crippen LogP contribution in [0, 0.1) is 11.3 Å². The predicted molar refractivity (Wildman–Crippen MR) is 92.9 cm³/mol. The Kier molecular flexibility index (Phi) is 4.35. The zero-order valence-electron chi connectivity index (χ0n) is 12.9. The van der Waals surface area contributed by atoms with Crippen molar-refractivity contribution in [1.82, 2.24) is 4.98 Å². The number of hydrogen-bond acceptors (Lipinski definition) is 3. The van der Waals surface area contributed by atoms with Crippen LogP contribution in [0.5, 0.6) is 0 Å². The van der Waals surface area contributed by atoms with Crippen LogP contribution in [0.25, 0.3) is 11.1 Å². The lowest BCUT2D eigenvalue weighted by Crippen LogP contribution is -2.09. The molecule has 3 heteroatoms. The minimum absolute atomic E-state index is 0.0711. The number of rotatable bonds is 4. The molecule has 2 aromatic carbocycles. The van der Waals surface area contributed by atoms with Crippen LogP contribution in [-0.2, 0) is 0 Å². The van der Waals surface area contributed by atoms with Crippen LogP contribution < -0.4 is 5.32 Å². The summed E-state index contributed by atoms with van der Waals surface area (Å²) in [5.41, 5.74) is 4.10. The Morgan fingerprint density at radius 1 is 0.913 bits per heavy atom. The maximum atomic E-state index is 9.13. The molecule has 0 aliphatic heterocycles. The van der Waals surface area contributed by atoms with E-state index in [1.54, 1.807) is 18.3 Å². The van der Waals surface area contributed by atoms with Gasteiger partial charge in [-0.3, -0.25) is 0 Å². The average molecular weight is 299 g/mol. The van der Waals surface area contributed by atoms with Gasteiger partial charge in [0.25, 0.3) is 0 Å². The Morgan fingerprint density at radius 3 is 2.30 bits per heavy atom. The molecular weight excluding hydrogens is 282 g/mol. The topological polar surface area (TPSA) is 48.7 Å². The summed E-state index contributed by atoms with van der Waals surface area (Å²) >= 11 is 0. The number of pyridine rings is 1. The highest BCUT2D eigenvalue weighted by Gasteiger charge is 2.09. The molecule has 0 aliphatic rings. The number of aromatic nitrogens is 1. The third-order valence-corrected chi connectivity index (χ3v) is 3.80. The van der Waals surface area contributed by atoms with Crippen LogP contribution in [-0.4, -0.2) is 4.98 Å². The number of nitriles is 1. The summed E-state index contributed by atoms with van der Waals surface area (Å²) in [5.74, 6) is 0.620. The minimum atomic E-state index is 0.0711. The predicted octanol–water partition coefficient (Wildman–Crippen LogP) is 4.79. The summed E-state index contributed by atoms with van der Waals surface area (Å²) in [7, 11) is 0. The van der Waals surface area contributed by atoms with Gasteiger partial charge in [-0.25, -0.2) is 4.98 Å². The number of anilines is 1. The Hall–Kier alpha value is -3.12. The molecule has 1 aromatic heterocycles. The smallest absolute Gasteiger partial charge is 0.144 e. The lowest BCUT2D eigenvalue weighted by atomic mass is 10.0. The van der Waals surface area contributed by atoms with Crippen LogP contribution in [0.1, 0.15) is 24.1 Å². The number of nitrogens with zero attached hydrogens (tertiary/aromatic N) is 2. The fraction of sp³-hybridized carbons (Fsp3) is 0.100. The third kappa shape index (κ3) is 3.38. The van der Waals surface area contributed by atoms with E-state index >= 15 is 0 Å². The van der Waals surface area contributed by atoms with Crippen LogP contribution in [0.2, 0.25) is 0 Å². The van der Waals surface area contributed by atoms with Gasteiger partial charge in [0.15, 0.2) is 0 Å². The van der Waals surface area contributed by atoms with Gasteiger partial charge in [0.1, 0.15) is 11.9 Å². The first-order valence-corrected chi connectivity index (χ1v) is 7.55. The van der Waals surface area contributed by atoms with E-state index in [1.807, 2.05) is 18.2 Å². The van der Waals surface area contributed by atoms with Crippen LogP contribution in [0.15, 0.2) is 72.9 Å². The molecule has 1 heterocycles. The zero-order valence-corrected chi connectivity index (χ0v) is 12.9. The van der Waals surface area contributed by atoms with Gasteiger partial charge in [0.05, 0.1) is 5.56 Å². The number of benzene rings is 2. The van der Waals surface area contributed by atoms with Gasteiger partial charge < -0.3 is 5.32 Å². The van der Waals surface area contributed by atoms with Crippen molar-refractivity contribution in [2.24, 2.45) is 0 Å². The first-order valence-electron chi connectivity index (χ1n) is 7.55. The van der Waals surface area contributed by atoms with Crippen molar-refractivity contribution < 1.29 is 0 Å². The van der Waals surface area contributed by atoms with E-state index in [2.05, 4.69) is 59.7 Å². The Bertz CT molecular complexity index is 818. The van der Waals surface area contributed by atoms with Gasteiger partial charge in [-0.15, -0.1) is 0 Å². The molecular formula is C20H17N3. The summed E-state index contributed by atoms with van der Waals surface area (Å²) in [6.07, 6.45) is 1.69. The standard InChI is InChI=1S/C20H17N3/c1-15(23-20-19(14-21)8-5-13-22-20)16-9-11-18(12-10-16)17-6-3-2-4-7-17/h2-13,15H,1H3,(H,22,23)/t15-/m1/s1. The molecule has 0 spiro atoms. The van der Waals surface area contributed by atoms with Crippen LogP contribution >= 0.6 is 0 Å². The monoisotopic (exact) mass is 299 g/mol. The van der Waals surface area contributed by atoms with Gasteiger partial charge >= 0.3 is 0 Å². The van der Waals surface area contributed by atoms with Crippen molar-refractivity contribution in [2.45, 2.75) is 13.0 Å². The van der Waals surface area contributed by atoms with E-state index in [0.29, 0.717) is 11.4 Å². The van der Waals surface area contributed by atoms with E-state index in [9.17, 15) is 0 Å². The maximum absolute atomic E-state index is 9.13. The summed E-state index contributed by atoms with van der Waals surface area (Å²) in [4.78, 5) is 4.25. The third-order valence-electron chi connectivity index (χ3n) is 3.80. The van der Waals surface area contributed by atoms with Gasteiger partial charge in [-0.1, -0.05) is 54.6 Å². The van der Waals surface area contributed by atoms with E-state index in [1.165, 1.54) is 11.1 Å². The minimum Gasteiger partial charge on any atom is -0.362 e.